The van der Waals surface area contributed by atoms with Crippen LogP contribution < -0.4 is 10.6 Å². The van der Waals surface area contributed by atoms with E-state index in [0.717, 1.165) is 44.8 Å². The topological polar surface area (TPSA) is 156 Å². The minimum Gasteiger partial charge on any atom is -0.465 e. The number of hydrogen-bond acceptors (Lipinski definition) is 4. The van der Waals surface area contributed by atoms with E-state index >= 15 is 0 Å². The van der Waals surface area contributed by atoms with Crippen LogP contribution in [0.1, 0.15) is 22.8 Å². The van der Waals surface area contributed by atoms with Gasteiger partial charge >= 0.3 is 12.2 Å². The van der Waals surface area contributed by atoms with Gasteiger partial charge in [-0.1, -0.05) is 0 Å². The van der Waals surface area contributed by atoms with E-state index in [9.17, 15) is 9.59 Å². The number of nitrogens with zero attached hydrogens (tertiary/aromatic N) is 2. The largest absolute Gasteiger partial charge is 0.465 e. The van der Waals surface area contributed by atoms with Crippen molar-refractivity contribution in [2.75, 3.05) is 14.1 Å². The highest BCUT2D eigenvalue weighted by Gasteiger charge is 2.02. The summed E-state index contributed by atoms with van der Waals surface area (Å²) in [5, 5.41) is 19.1. The molecule has 0 unspecified atom stereocenters. The number of amides is 2. The first kappa shape index (κ1) is 23.8. The Balaban J connectivity index is 0.000000277. The maximum Gasteiger partial charge on any atom is 0.404 e. The van der Waals surface area contributed by atoms with Crippen LogP contribution in [0.4, 0.5) is 9.59 Å². The van der Waals surface area contributed by atoms with Crippen LogP contribution in [0, 0.1) is 0 Å². The number of aromatic nitrogens is 4. The Hall–Kier alpha value is -4.86. The molecule has 0 spiro atoms. The molecule has 174 valence electrons. The number of carbonyl (C=O) groups is 2. The van der Waals surface area contributed by atoms with Crippen molar-refractivity contribution in [3.05, 3.63) is 71.3 Å². The predicted octanol–water partition coefficient (Wildman–Crippen LogP) is 4.42. The van der Waals surface area contributed by atoms with E-state index in [2.05, 4.69) is 50.3 Å². The van der Waals surface area contributed by atoms with Crippen molar-refractivity contribution in [2.24, 2.45) is 0 Å². The summed E-state index contributed by atoms with van der Waals surface area (Å²) in [6.45, 7) is 0. The van der Waals surface area contributed by atoms with E-state index < -0.39 is 12.2 Å². The second kappa shape index (κ2) is 11.1. The van der Waals surface area contributed by atoms with E-state index in [1.54, 1.807) is 0 Å². The summed E-state index contributed by atoms with van der Waals surface area (Å²) in [6.07, 6.45) is 6.06. The Kier molecular flexibility index (Phi) is 7.79. The van der Waals surface area contributed by atoms with Crippen LogP contribution in [0.25, 0.3) is 46.4 Å². The first-order valence-electron chi connectivity index (χ1n) is 10.2. The highest BCUT2D eigenvalue weighted by atomic mass is 16.4. The van der Waals surface area contributed by atoms with E-state index in [0.29, 0.717) is 0 Å². The Bertz CT molecular complexity index is 1300. The van der Waals surface area contributed by atoms with Crippen LogP contribution >= 0.6 is 0 Å². The summed E-state index contributed by atoms with van der Waals surface area (Å²) in [5.74, 6) is 0. The first-order chi connectivity index (χ1) is 16.3. The molecule has 2 aliphatic heterocycles. The van der Waals surface area contributed by atoms with Gasteiger partial charge in [0.25, 0.3) is 0 Å². The normalized spacial score (nSPS) is 10.9. The summed E-state index contributed by atoms with van der Waals surface area (Å²) in [5.41, 5.74) is 7.86. The van der Waals surface area contributed by atoms with Crippen molar-refractivity contribution >= 4 is 58.6 Å². The summed E-state index contributed by atoms with van der Waals surface area (Å²) < 4.78 is 0. The second-order valence-electron chi connectivity index (χ2n) is 7.02. The zero-order valence-electron chi connectivity index (χ0n) is 18.5. The third-order valence-corrected chi connectivity index (χ3v) is 4.47. The van der Waals surface area contributed by atoms with Gasteiger partial charge in [-0.2, -0.15) is 0 Å². The van der Waals surface area contributed by atoms with Gasteiger partial charge in [-0.15, -0.1) is 0 Å². The van der Waals surface area contributed by atoms with Gasteiger partial charge in [0.1, 0.15) is 0 Å². The molecule has 5 rings (SSSR count). The lowest BCUT2D eigenvalue weighted by atomic mass is 10.3. The average Bonchev–Trinajstić information content (AvgIpc) is 3.60. The van der Waals surface area contributed by atoms with Gasteiger partial charge in [0, 0.05) is 36.2 Å². The van der Waals surface area contributed by atoms with Gasteiger partial charge in [0.05, 0.1) is 22.8 Å². The molecule has 0 radical (unpaired) electrons. The summed E-state index contributed by atoms with van der Waals surface area (Å²) >= 11 is 0. The van der Waals surface area contributed by atoms with E-state index in [1.807, 2.05) is 53.1 Å². The van der Waals surface area contributed by atoms with E-state index in [-0.39, 0.29) is 0 Å². The molecule has 0 aliphatic carbocycles. The highest BCUT2D eigenvalue weighted by Crippen LogP contribution is 2.17. The van der Waals surface area contributed by atoms with E-state index in [4.69, 9.17) is 10.2 Å². The van der Waals surface area contributed by atoms with Crippen molar-refractivity contribution in [2.45, 2.75) is 0 Å². The van der Waals surface area contributed by atoms with Crippen molar-refractivity contribution < 1.29 is 19.8 Å². The molecule has 2 amide bonds. The first-order valence-corrected chi connectivity index (χ1v) is 10.2. The standard InChI is InChI=1S/C20H14N4.2C2H5NO2/c1-2-14-10-16-5-6-18(23-16)12-20-8-7-19(24-20)11-17-4-3-15(22-17)9-13(1)21-14;2*1-3-2(4)5/h1-12,21-22H;2*3H,1H3,(H,4,5). The van der Waals surface area contributed by atoms with Crippen molar-refractivity contribution in [3.63, 3.8) is 0 Å². The fourth-order valence-corrected chi connectivity index (χ4v) is 2.94. The lowest BCUT2D eigenvalue weighted by Crippen LogP contribution is -2.13. The number of fused-ring (bicyclic) bond motifs is 8. The Morgan fingerprint density at radius 1 is 0.618 bits per heavy atom. The number of aromatic amines is 2. The molecule has 6 N–H and O–H groups in total. The predicted molar refractivity (Wildman–Crippen MR) is 133 cm³/mol. The van der Waals surface area contributed by atoms with Crippen LogP contribution in [0.15, 0.2) is 48.5 Å². The number of nitrogens with one attached hydrogen (secondary N) is 4. The molecule has 3 aromatic heterocycles. The summed E-state index contributed by atoms with van der Waals surface area (Å²) in [4.78, 5) is 34.5. The van der Waals surface area contributed by atoms with Gasteiger partial charge in [-0.3, -0.25) is 0 Å². The fraction of sp³-hybridized carbons (Fsp3) is 0.0833. The van der Waals surface area contributed by atoms with Crippen LogP contribution in [0.2, 0.25) is 0 Å². The Morgan fingerprint density at radius 3 is 1.24 bits per heavy atom. The summed E-state index contributed by atoms with van der Waals surface area (Å²) in [6, 6.07) is 16.4. The molecule has 0 fully saturated rings. The lowest BCUT2D eigenvalue weighted by molar-refractivity contribution is 0.196. The lowest BCUT2D eigenvalue weighted by Gasteiger charge is -1.86. The fourth-order valence-electron chi connectivity index (χ4n) is 2.94. The second-order valence-corrected chi connectivity index (χ2v) is 7.02. The van der Waals surface area contributed by atoms with Gasteiger partial charge in [-0.05, 0) is 72.8 Å². The van der Waals surface area contributed by atoms with Gasteiger partial charge in [0.15, 0.2) is 0 Å². The van der Waals surface area contributed by atoms with Gasteiger partial charge < -0.3 is 30.8 Å². The van der Waals surface area contributed by atoms with Crippen LogP contribution in [0.3, 0.4) is 0 Å². The zero-order chi connectivity index (χ0) is 24.5. The third-order valence-electron chi connectivity index (χ3n) is 4.47. The van der Waals surface area contributed by atoms with Gasteiger partial charge in [0.2, 0.25) is 0 Å². The molecule has 8 bridgehead atoms. The molecule has 0 aromatic carbocycles. The van der Waals surface area contributed by atoms with Crippen molar-refractivity contribution in [1.82, 2.24) is 30.6 Å². The smallest absolute Gasteiger partial charge is 0.404 e. The molecule has 10 heteroatoms. The average molecular weight is 460 g/mol. The maximum absolute atomic E-state index is 9.26. The molecular weight excluding hydrogens is 436 g/mol. The van der Waals surface area contributed by atoms with Crippen LogP contribution in [-0.4, -0.2) is 56.4 Å². The van der Waals surface area contributed by atoms with Crippen molar-refractivity contribution in [3.8, 4) is 0 Å². The molecular formula is C24H24N6O4. The third kappa shape index (κ3) is 7.09. The van der Waals surface area contributed by atoms with Crippen molar-refractivity contribution in [1.29, 1.82) is 0 Å². The number of rotatable bonds is 0. The highest BCUT2D eigenvalue weighted by molar-refractivity contribution is 5.77. The molecule has 0 saturated carbocycles. The summed E-state index contributed by atoms with van der Waals surface area (Å²) in [7, 11) is 2.70. The molecule has 34 heavy (non-hydrogen) atoms. The molecule has 2 aliphatic rings. The number of hydrogen-bond donors (Lipinski definition) is 6. The van der Waals surface area contributed by atoms with Crippen LogP contribution in [0.5, 0.6) is 0 Å². The molecule has 0 saturated heterocycles. The number of carboxylic acid groups (broad SMARTS) is 2. The van der Waals surface area contributed by atoms with Crippen LogP contribution in [-0.2, 0) is 0 Å². The molecule has 0 atom stereocenters. The minimum atomic E-state index is -0.995. The Labute approximate surface area is 194 Å². The molecule has 5 heterocycles. The van der Waals surface area contributed by atoms with Gasteiger partial charge in [-0.25, -0.2) is 19.6 Å². The molecule has 3 aromatic rings. The number of H-pyrrole nitrogens is 2. The zero-order valence-corrected chi connectivity index (χ0v) is 18.5. The maximum atomic E-state index is 9.26. The molecule has 10 nitrogen and oxygen atoms in total. The minimum absolute atomic E-state index is 0.915. The quantitative estimate of drug-likeness (QED) is 0.201. The van der Waals surface area contributed by atoms with E-state index in [1.165, 1.54) is 14.1 Å². The Morgan fingerprint density at radius 2 is 0.912 bits per heavy atom. The monoisotopic (exact) mass is 460 g/mol. The SMILES string of the molecule is C1=Cc2cc3ccc(cc4ccc(cc5nc(cc1n2)C=C5)[nH]4)[nH]3.CNC(=O)O.CNC(=O)O.